The van der Waals surface area contributed by atoms with E-state index in [0.29, 0.717) is 0 Å². The second kappa shape index (κ2) is 2.94. The van der Waals surface area contributed by atoms with E-state index in [2.05, 4.69) is 4.90 Å². The van der Waals surface area contributed by atoms with Gasteiger partial charge in [-0.1, -0.05) is 0 Å². The minimum Gasteiger partial charge on any atom is -0.346 e. The molecule has 3 nitrogen and oxygen atoms in total. The van der Waals surface area contributed by atoms with Crippen molar-refractivity contribution in [2.24, 2.45) is 0 Å². The molecule has 0 atom stereocenters. The first kappa shape index (κ1) is 8.21. The highest BCUT2D eigenvalue weighted by Crippen LogP contribution is 2.36. The van der Waals surface area contributed by atoms with Crippen molar-refractivity contribution in [1.82, 2.24) is 4.90 Å². The van der Waals surface area contributed by atoms with Crippen molar-refractivity contribution in [2.45, 2.75) is 37.5 Å². The van der Waals surface area contributed by atoms with E-state index in [1.54, 1.807) is 0 Å². The Bertz CT molecular complexity index is 197. The van der Waals surface area contributed by atoms with Gasteiger partial charge < -0.3 is 9.47 Å². The summed E-state index contributed by atoms with van der Waals surface area (Å²) in [4.78, 5) is 2.55. The highest BCUT2D eigenvalue weighted by Gasteiger charge is 2.44. The van der Waals surface area contributed by atoms with Gasteiger partial charge in [-0.25, -0.2) is 0 Å². The highest BCUT2D eigenvalue weighted by molar-refractivity contribution is 4.92. The number of piperidine rings is 1. The summed E-state index contributed by atoms with van der Waals surface area (Å²) in [7, 11) is 0. The number of nitrogens with zero attached hydrogens (tertiary/aromatic N) is 1. The first-order valence-corrected chi connectivity index (χ1v) is 5.40. The zero-order chi connectivity index (χ0) is 8.73. The molecule has 0 aromatic heterocycles. The smallest absolute Gasteiger partial charge is 0.181 e. The molecule has 1 spiro atoms. The topological polar surface area (TPSA) is 21.7 Å². The Balaban J connectivity index is 1.68. The summed E-state index contributed by atoms with van der Waals surface area (Å²) >= 11 is 0. The van der Waals surface area contributed by atoms with E-state index in [1.807, 2.05) is 0 Å². The van der Waals surface area contributed by atoms with Gasteiger partial charge in [0.05, 0.1) is 19.8 Å². The third-order valence-electron chi connectivity index (χ3n) is 3.32. The molecule has 13 heavy (non-hydrogen) atoms. The number of hydrogen-bond donors (Lipinski definition) is 0. The molecule has 74 valence electrons. The van der Waals surface area contributed by atoms with Crippen molar-refractivity contribution in [1.29, 1.82) is 0 Å². The summed E-state index contributed by atoms with van der Waals surface area (Å²) in [6, 6.07) is 0.852. The van der Waals surface area contributed by atoms with Gasteiger partial charge in [0.25, 0.3) is 0 Å². The molecule has 2 saturated heterocycles. The molecular weight excluding hydrogens is 166 g/mol. The van der Waals surface area contributed by atoms with E-state index in [0.717, 1.165) is 32.2 Å². The lowest BCUT2D eigenvalue weighted by Crippen LogP contribution is -2.49. The van der Waals surface area contributed by atoms with Gasteiger partial charge in [-0.15, -0.1) is 0 Å². The Hall–Kier alpha value is -0.120. The molecule has 0 unspecified atom stereocenters. The molecule has 1 saturated carbocycles. The van der Waals surface area contributed by atoms with Crippen LogP contribution >= 0.6 is 0 Å². The van der Waals surface area contributed by atoms with Crippen LogP contribution in [0.15, 0.2) is 0 Å². The van der Waals surface area contributed by atoms with Crippen LogP contribution in [-0.2, 0) is 9.47 Å². The molecule has 0 amide bonds. The Morgan fingerprint density at radius 1 is 1.15 bits per heavy atom. The molecule has 0 radical (unpaired) electrons. The maximum Gasteiger partial charge on any atom is 0.181 e. The van der Waals surface area contributed by atoms with Gasteiger partial charge in [0.2, 0.25) is 0 Å². The van der Waals surface area contributed by atoms with Gasteiger partial charge in [-0.3, -0.25) is 4.90 Å². The molecule has 2 aliphatic heterocycles. The predicted octanol–water partition coefficient (Wildman–Crippen LogP) is 0.988. The number of hydrogen-bond acceptors (Lipinski definition) is 3. The predicted molar refractivity (Wildman–Crippen MR) is 48.5 cm³/mol. The van der Waals surface area contributed by atoms with Crippen LogP contribution in [0.1, 0.15) is 25.7 Å². The molecular formula is C10H17NO2. The molecule has 0 aromatic rings. The average molecular weight is 183 g/mol. The summed E-state index contributed by atoms with van der Waals surface area (Å²) < 4.78 is 11.5. The van der Waals surface area contributed by atoms with E-state index < -0.39 is 0 Å². The van der Waals surface area contributed by atoms with Crippen molar-refractivity contribution < 1.29 is 9.47 Å². The molecule has 2 heterocycles. The minimum atomic E-state index is -0.208. The average Bonchev–Trinajstić information content (AvgIpc) is 2.91. The van der Waals surface area contributed by atoms with Crippen molar-refractivity contribution in [2.75, 3.05) is 26.3 Å². The fourth-order valence-corrected chi connectivity index (χ4v) is 2.50. The zero-order valence-electron chi connectivity index (χ0n) is 8.00. The van der Waals surface area contributed by atoms with Crippen LogP contribution in [0.4, 0.5) is 0 Å². The summed E-state index contributed by atoms with van der Waals surface area (Å²) in [5, 5.41) is 0. The van der Waals surface area contributed by atoms with Crippen LogP contribution in [0.3, 0.4) is 0 Å². The maximum atomic E-state index is 5.73. The third kappa shape index (κ3) is 1.49. The van der Waals surface area contributed by atoms with Gasteiger partial charge in [-0.05, 0) is 25.8 Å². The molecule has 3 heteroatoms. The maximum absolute atomic E-state index is 5.73. The second-order valence-electron chi connectivity index (χ2n) is 4.41. The van der Waals surface area contributed by atoms with Gasteiger partial charge in [0.15, 0.2) is 5.79 Å². The first-order valence-electron chi connectivity index (χ1n) is 5.40. The fourth-order valence-electron chi connectivity index (χ4n) is 2.50. The van der Waals surface area contributed by atoms with E-state index in [1.165, 1.54) is 25.8 Å². The lowest BCUT2D eigenvalue weighted by atomic mass is 10.0. The quantitative estimate of drug-likeness (QED) is 0.605. The van der Waals surface area contributed by atoms with Crippen LogP contribution in [0.2, 0.25) is 0 Å². The Kier molecular flexibility index (Phi) is 1.86. The van der Waals surface area contributed by atoms with Crippen LogP contribution in [-0.4, -0.2) is 43.0 Å². The summed E-state index contributed by atoms with van der Waals surface area (Å²) in [6.45, 7) is 3.84. The second-order valence-corrected chi connectivity index (χ2v) is 4.41. The van der Waals surface area contributed by atoms with E-state index in [9.17, 15) is 0 Å². The molecule has 0 aromatic carbocycles. The monoisotopic (exact) mass is 183 g/mol. The molecule has 3 aliphatic rings. The van der Waals surface area contributed by atoms with Crippen molar-refractivity contribution in [3.8, 4) is 0 Å². The SMILES string of the molecule is C1CN(C2CC2)CC2(C1)OCCO2. The third-order valence-corrected chi connectivity index (χ3v) is 3.32. The lowest BCUT2D eigenvalue weighted by molar-refractivity contribution is -0.190. The summed E-state index contributed by atoms with van der Waals surface area (Å²) in [5.41, 5.74) is 0. The Morgan fingerprint density at radius 3 is 2.62 bits per heavy atom. The Labute approximate surface area is 79.0 Å². The van der Waals surface area contributed by atoms with Crippen LogP contribution in [0.25, 0.3) is 0 Å². The Morgan fingerprint density at radius 2 is 1.92 bits per heavy atom. The zero-order valence-corrected chi connectivity index (χ0v) is 8.00. The fraction of sp³-hybridized carbons (Fsp3) is 1.00. The molecule has 3 fully saturated rings. The largest absolute Gasteiger partial charge is 0.346 e. The molecule has 3 rings (SSSR count). The van der Waals surface area contributed by atoms with Crippen molar-refractivity contribution >= 4 is 0 Å². The van der Waals surface area contributed by atoms with E-state index in [-0.39, 0.29) is 5.79 Å². The molecule has 0 bridgehead atoms. The number of likely N-dealkylation sites (tertiary alicyclic amines) is 1. The van der Waals surface area contributed by atoms with E-state index >= 15 is 0 Å². The molecule has 0 N–H and O–H groups in total. The first-order chi connectivity index (χ1) is 6.38. The number of ether oxygens (including phenoxy) is 2. The van der Waals surface area contributed by atoms with Gasteiger partial charge in [-0.2, -0.15) is 0 Å². The standard InChI is InChI=1S/C10H17NO2/c1-4-10(12-6-7-13-10)8-11(5-1)9-2-3-9/h9H,1-8H2. The lowest BCUT2D eigenvalue weighted by Gasteiger charge is -2.38. The summed E-state index contributed by atoms with van der Waals surface area (Å²) in [6.07, 6.45) is 5.10. The minimum absolute atomic E-state index is 0.208. The van der Waals surface area contributed by atoms with Crippen LogP contribution in [0.5, 0.6) is 0 Å². The van der Waals surface area contributed by atoms with Crippen LogP contribution < -0.4 is 0 Å². The van der Waals surface area contributed by atoms with E-state index in [4.69, 9.17) is 9.47 Å². The van der Waals surface area contributed by atoms with Gasteiger partial charge in [0.1, 0.15) is 0 Å². The van der Waals surface area contributed by atoms with Crippen molar-refractivity contribution in [3.63, 3.8) is 0 Å². The van der Waals surface area contributed by atoms with Gasteiger partial charge in [0, 0.05) is 12.5 Å². The van der Waals surface area contributed by atoms with Gasteiger partial charge >= 0.3 is 0 Å². The normalized spacial score (nSPS) is 34.2. The van der Waals surface area contributed by atoms with Crippen LogP contribution in [0, 0.1) is 0 Å². The molecule has 1 aliphatic carbocycles. The summed E-state index contributed by atoms with van der Waals surface area (Å²) in [5.74, 6) is -0.208. The highest BCUT2D eigenvalue weighted by atomic mass is 16.7. The van der Waals surface area contributed by atoms with Crippen molar-refractivity contribution in [3.05, 3.63) is 0 Å². The number of rotatable bonds is 1.